The first-order valence-electron chi connectivity index (χ1n) is 6.44. The Morgan fingerprint density at radius 3 is 1.65 bits per heavy atom. The largest absolute Gasteiger partial charge is 0.485 e. The molecule has 0 unspecified atom stereocenters. The van der Waals surface area contributed by atoms with Crippen LogP contribution in [0.15, 0.2) is 50.1 Å². The second-order valence-corrected chi connectivity index (χ2v) is 3.97. The molecule has 107 valence electrons. The van der Waals surface area contributed by atoms with Gasteiger partial charge in [0.25, 0.3) is 0 Å². The summed E-state index contributed by atoms with van der Waals surface area (Å²) in [5.41, 5.74) is 1.01. The maximum atomic E-state index is 5.65. The topological polar surface area (TPSA) is 27.7 Å². The standard InChI is InChI=1S/C17H21O3/c1-5-9-18-15-12-14(8-4)13-16(19-10-6-2)17(15)20-11-7-3/h5-7,12-13H,1-4,8-11H2. The van der Waals surface area contributed by atoms with Crippen LogP contribution in [0, 0.1) is 6.92 Å². The van der Waals surface area contributed by atoms with Gasteiger partial charge in [0.05, 0.1) is 0 Å². The molecule has 0 N–H and O–H groups in total. The van der Waals surface area contributed by atoms with Crippen molar-refractivity contribution in [1.29, 1.82) is 0 Å². The predicted molar refractivity (Wildman–Crippen MR) is 82.6 cm³/mol. The Morgan fingerprint density at radius 2 is 1.25 bits per heavy atom. The van der Waals surface area contributed by atoms with Crippen molar-refractivity contribution in [2.45, 2.75) is 6.42 Å². The van der Waals surface area contributed by atoms with Crippen molar-refractivity contribution >= 4 is 0 Å². The van der Waals surface area contributed by atoms with Crippen molar-refractivity contribution in [3.63, 3.8) is 0 Å². The lowest BCUT2D eigenvalue weighted by Gasteiger charge is -2.17. The Bertz CT molecular complexity index is 430. The van der Waals surface area contributed by atoms with Gasteiger partial charge in [0.15, 0.2) is 11.5 Å². The lowest BCUT2D eigenvalue weighted by molar-refractivity contribution is 0.279. The Morgan fingerprint density at radius 1 is 0.800 bits per heavy atom. The van der Waals surface area contributed by atoms with Gasteiger partial charge in [-0.25, -0.2) is 0 Å². The predicted octanol–water partition coefficient (Wildman–Crippen LogP) is 3.76. The zero-order chi connectivity index (χ0) is 14.8. The minimum absolute atomic E-state index is 0.374. The second kappa shape index (κ2) is 8.86. The maximum Gasteiger partial charge on any atom is 0.203 e. The first-order chi connectivity index (χ1) is 9.76. The van der Waals surface area contributed by atoms with E-state index in [-0.39, 0.29) is 0 Å². The van der Waals surface area contributed by atoms with Crippen LogP contribution >= 0.6 is 0 Å². The van der Waals surface area contributed by atoms with Crippen molar-refractivity contribution in [2.75, 3.05) is 19.8 Å². The molecule has 0 aliphatic rings. The SMILES string of the molecule is [CH2]Cc1cc(OCC=C)c(OCC=C)c(OCC=C)c1. The second-order valence-electron chi connectivity index (χ2n) is 3.97. The summed E-state index contributed by atoms with van der Waals surface area (Å²) in [7, 11) is 0. The van der Waals surface area contributed by atoms with E-state index < -0.39 is 0 Å². The summed E-state index contributed by atoms with van der Waals surface area (Å²) in [6.45, 7) is 16.0. The Hall–Kier alpha value is -2.16. The van der Waals surface area contributed by atoms with E-state index in [9.17, 15) is 0 Å². The van der Waals surface area contributed by atoms with E-state index in [0.29, 0.717) is 43.5 Å². The van der Waals surface area contributed by atoms with Crippen molar-refractivity contribution < 1.29 is 14.2 Å². The molecule has 0 spiro atoms. The first kappa shape index (κ1) is 15.9. The summed E-state index contributed by atoms with van der Waals surface area (Å²) in [6, 6.07) is 3.80. The maximum absolute atomic E-state index is 5.65. The van der Waals surface area contributed by atoms with E-state index in [1.165, 1.54) is 0 Å². The molecular weight excluding hydrogens is 252 g/mol. The summed E-state index contributed by atoms with van der Waals surface area (Å²) >= 11 is 0. The third-order valence-electron chi connectivity index (χ3n) is 2.43. The minimum atomic E-state index is 0.374. The van der Waals surface area contributed by atoms with Crippen LogP contribution in [0.4, 0.5) is 0 Å². The molecule has 20 heavy (non-hydrogen) atoms. The van der Waals surface area contributed by atoms with E-state index in [4.69, 9.17) is 14.2 Å². The summed E-state index contributed by atoms with van der Waals surface area (Å²) in [4.78, 5) is 0. The Labute approximate surface area is 121 Å². The summed E-state index contributed by atoms with van der Waals surface area (Å²) in [5, 5.41) is 0. The van der Waals surface area contributed by atoms with Crippen LogP contribution in [0.5, 0.6) is 17.2 Å². The van der Waals surface area contributed by atoms with Gasteiger partial charge in [-0.3, -0.25) is 0 Å². The monoisotopic (exact) mass is 273 g/mol. The fourth-order valence-corrected chi connectivity index (χ4v) is 1.57. The molecule has 0 aromatic heterocycles. The van der Waals surface area contributed by atoms with E-state index >= 15 is 0 Å². The van der Waals surface area contributed by atoms with E-state index in [1.807, 2.05) is 12.1 Å². The van der Waals surface area contributed by atoms with Gasteiger partial charge in [0.2, 0.25) is 5.75 Å². The zero-order valence-corrected chi connectivity index (χ0v) is 11.8. The molecule has 0 amide bonds. The number of benzene rings is 1. The summed E-state index contributed by atoms with van der Waals surface area (Å²) in [6.07, 6.45) is 5.66. The third-order valence-corrected chi connectivity index (χ3v) is 2.43. The minimum Gasteiger partial charge on any atom is -0.485 e. The molecular formula is C17H21O3. The van der Waals surface area contributed by atoms with Crippen LogP contribution in [0.1, 0.15) is 5.56 Å². The molecule has 3 nitrogen and oxygen atoms in total. The third kappa shape index (κ3) is 4.50. The normalized spacial score (nSPS) is 9.65. The molecule has 0 aliphatic carbocycles. The van der Waals surface area contributed by atoms with Gasteiger partial charge in [-0.05, 0) is 31.0 Å². The van der Waals surface area contributed by atoms with Crippen molar-refractivity contribution in [3.8, 4) is 17.2 Å². The van der Waals surface area contributed by atoms with Crippen molar-refractivity contribution in [3.05, 3.63) is 62.6 Å². The smallest absolute Gasteiger partial charge is 0.203 e. The van der Waals surface area contributed by atoms with Crippen LogP contribution in [0.3, 0.4) is 0 Å². The van der Waals surface area contributed by atoms with Gasteiger partial charge in [0.1, 0.15) is 19.8 Å². The van der Waals surface area contributed by atoms with Gasteiger partial charge in [0, 0.05) is 0 Å². The van der Waals surface area contributed by atoms with Gasteiger partial charge >= 0.3 is 0 Å². The highest BCUT2D eigenvalue weighted by Gasteiger charge is 2.14. The first-order valence-corrected chi connectivity index (χ1v) is 6.44. The number of rotatable bonds is 10. The average molecular weight is 273 g/mol. The van der Waals surface area contributed by atoms with Crippen LogP contribution in [-0.4, -0.2) is 19.8 Å². The molecule has 0 saturated carbocycles. The highest BCUT2D eigenvalue weighted by molar-refractivity contribution is 5.54. The molecule has 1 radical (unpaired) electrons. The lowest BCUT2D eigenvalue weighted by atomic mass is 10.1. The molecule has 0 fully saturated rings. The molecule has 3 heteroatoms. The van der Waals surface area contributed by atoms with Gasteiger partial charge < -0.3 is 14.2 Å². The molecule has 0 aliphatic heterocycles. The van der Waals surface area contributed by atoms with Gasteiger partial charge in [-0.2, -0.15) is 0 Å². The van der Waals surface area contributed by atoms with Crippen LogP contribution < -0.4 is 14.2 Å². The number of hydrogen-bond donors (Lipinski definition) is 0. The molecule has 0 bridgehead atoms. The number of hydrogen-bond acceptors (Lipinski definition) is 3. The Balaban J connectivity index is 3.15. The molecule has 1 aromatic carbocycles. The molecule has 0 saturated heterocycles. The van der Waals surface area contributed by atoms with Crippen molar-refractivity contribution in [2.24, 2.45) is 0 Å². The van der Waals surface area contributed by atoms with E-state index in [0.717, 1.165) is 5.56 Å². The van der Waals surface area contributed by atoms with E-state index in [1.54, 1.807) is 18.2 Å². The summed E-state index contributed by atoms with van der Waals surface area (Å²) < 4.78 is 16.9. The van der Waals surface area contributed by atoms with Crippen LogP contribution in [-0.2, 0) is 6.42 Å². The lowest BCUT2D eigenvalue weighted by Crippen LogP contribution is -2.04. The van der Waals surface area contributed by atoms with Gasteiger partial charge in [-0.15, -0.1) is 0 Å². The van der Waals surface area contributed by atoms with Crippen molar-refractivity contribution in [1.82, 2.24) is 0 Å². The van der Waals surface area contributed by atoms with E-state index in [2.05, 4.69) is 26.7 Å². The average Bonchev–Trinajstić information content (AvgIpc) is 2.48. The van der Waals surface area contributed by atoms with Crippen LogP contribution in [0.2, 0.25) is 0 Å². The zero-order valence-electron chi connectivity index (χ0n) is 11.8. The number of ether oxygens (including phenoxy) is 3. The Kier molecular flexibility index (Phi) is 7.04. The highest BCUT2D eigenvalue weighted by Crippen LogP contribution is 2.39. The summed E-state index contributed by atoms with van der Waals surface area (Å²) in [5.74, 6) is 1.80. The molecule has 1 aromatic rings. The van der Waals surface area contributed by atoms with Gasteiger partial charge in [-0.1, -0.05) is 38.0 Å². The molecule has 1 rings (SSSR count). The molecule has 0 heterocycles. The fourth-order valence-electron chi connectivity index (χ4n) is 1.57. The quantitative estimate of drug-likeness (QED) is 0.607. The fraction of sp³-hybridized carbons (Fsp3) is 0.235. The molecule has 0 atom stereocenters. The van der Waals surface area contributed by atoms with Crippen LogP contribution in [0.25, 0.3) is 0 Å². The highest BCUT2D eigenvalue weighted by atomic mass is 16.5.